The highest BCUT2D eigenvalue weighted by molar-refractivity contribution is 7.89. The molecule has 1 amide bonds. The number of piperidine rings is 1. The second-order valence-corrected chi connectivity index (χ2v) is 10.4. The van der Waals surface area contributed by atoms with E-state index in [1.807, 2.05) is 54.6 Å². The highest BCUT2D eigenvalue weighted by Gasteiger charge is 2.26. The van der Waals surface area contributed by atoms with Crippen molar-refractivity contribution in [3.63, 3.8) is 0 Å². The molecule has 1 heterocycles. The van der Waals surface area contributed by atoms with Crippen molar-refractivity contribution < 1.29 is 17.9 Å². The van der Waals surface area contributed by atoms with Crippen molar-refractivity contribution in [1.82, 2.24) is 9.62 Å². The largest absolute Gasteiger partial charge is 0.372 e. The number of rotatable bonds is 9. The fraction of sp³-hybridized carbons (Fsp3) is 0.296. The van der Waals surface area contributed by atoms with E-state index in [1.54, 1.807) is 18.2 Å². The molecule has 0 bridgehead atoms. The molecular formula is C27H30N2O4S. The Balaban J connectivity index is 1.30. The number of amides is 1. The molecule has 3 aromatic rings. The van der Waals surface area contributed by atoms with Gasteiger partial charge in [0.2, 0.25) is 10.0 Å². The van der Waals surface area contributed by atoms with Crippen LogP contribution < -0.4 is 5.32 Å². The minimum Gasteiger partial charge on any atom is -0.372 e. The summed E-state index contributed by atoms with van der Waals surface area (Å²) in [5, 5.41) is 2.88. The minimum absolute atomic E-state index is 0.168. The topological polar surface area (TPSA) is 75.7 Å². The molecule has 0 radical (unpaired) electrons. The molecule has 0 saturated carbocycles. The first-order valence-electron chi connectivity index (χ1n) is 11.6. The van der Waals surface area contributed by atoms with Crippen LogP contribution in [-0.2, 0) is 34.5 Å². The lowest BCUT2D eigenvalue weighted by molar-refractivity contribution is 0.0950. The zero-order chi connectivity index (χ0) is 23.8. The smallest absolute Gasteiger partial charge is 0.251 e. The minimum atomic E-state index is -3.57. The SMILES string of the molecule is O=C(NCc1ccc(COCc2ccccc2)cc1)c1cccc(S(=O)(=O)N2CCCCC2)c1. The Morgan fingerprint density at radius 3 is 2.15 bits per heavy atom. The first-order valence-corrected chi connectivity index (χ1v) is 13.0. The van der Waals surface area contributed by atoms with Crippen LogP contribution >= 0.6 is 0 Å². The summed E-state index contributed by atoms with van der Waals surface area (Å²) in [5.74, 6) is -0.300. The normalized spacial score (nSPS) is 14.6. The molecule has 1 aliphatic rings. The van der Waals surface area contributed by atoms with Crippen molar-refractivity contribution in [3.8, 4) is 0 Å². The summed E-state index contributed by atoms with van der Waals surface area (Å²) < 4.78 is 33.1. The van der Waals surface area contributed by atoms with E-state index in [4.69, 9.17) is 4.74 Å². The summed E-state index contributed by atoms with van der Waals surface area (Å²) in [4.78, 5) is 12.8. The third-order valence-corrected chi connectivity index (χ3v) is 7.80. The van der Waals surface area contributed by atoms with E-state index < -0.39 is 10.0 Å². The average Bonchev–Trinajstić information content (AvgIpc) is 2.89. The maximum atomic E-state index is 12.9. The molecule has 1 N–H and O–H groups in total. The fourth-order valence-corrected chi connectivity index (χ4v) is 5.51. The van der Waals surface area contributed by atoms with Gasteiger partial charge >= 0.3 is 0 Å². The summed E-state index contributed by atoms with van der Waals surface area (Å²) in [5.41, 5.74) is 3.48. The van der Waals surface area contributed by atoms with E-state index in [0.29, 0.717) is 38.4 Å². The van der Waals surface area contributed by atoms with E-state index in [1.165, 1.54) is 10.4 Å². The molecule has 0 spiro atoms. The van der Waals surface area contributed by atoms with E-state index in [9.17, 15) is 13.2 Å². The number of carbonyl (C=O) groups is 1. The van der Waals surface area contributed by atoms with Crippen LogP contribution in [0.15, 0.2) is 83.8 Å². The number of benzene rings is 3. The Morgan fingerprint density at radius 2 is 1.44 bits per heavy atom. The molecule has 7 heteroatoms. The third-order valence-electron chi connectivity index (χ3n) is 5.91. The number of nitrogens with zero attached hydrogens (tertiary/aromatic N) is 1. The molecule has 6 nitrogen and oxygen atoms in total. The van der Waals surface area contributed by atoms with E-state index in [-0.39, 0.29) is 10.8 Å². The van der Waals surface area contributed by atoms with Gasteiger partial charge in [-0.2, -0.15) is 4.31 Å². The van der Waals surface area contributed by atoms with Gasteiger partial charge in [-0.15, -0.1) is 0 Å². The molecule has 0 aromatic heterocycles. The quantitative estimate of drug-likeness (QED) is 0.491. The van der Waals surface area contributed by atoms with Crippen LogP contribution in [0.25, 0.3) is 0 Å². The second-order valence-electron chi connectivity index (χ2n) is 8.47. The van der Waals surface area contributed by atoms with Gasteiger partial charge in [-0.05, 0) is 47.7 Å². The summed E-state index contributed by atoms with van der Waals surface area (Å²) in [6.45, 7) is 2.50. The highest BCUT2D eigenvalue weighted by Crippen LogP contribution is 2.21. The van der Waals surface area contributed by atoms with E-state index >= 15 is 0 Å². The Bertz CT molecular complexity index is 1190. The van der Waals surface area contributed by atoms with Gasteiger partial charge in [-0.25, -0.2) is 8.42 Å². The first kappa shape index (κ1) is 24.1. The van der Waals surface area contributed by atoms with E-state index in [0.717, 1.165) is 36.0 Å². The zero-order valence-corrected chi connectivity index (χ0v) is 20.0. The zero-order valence-electron chi connectivity index (χ0n) is 19.2. The van der Waals surface area contributed by atoms with Gasteiger partial charge in [0.15, 0.2) is 0 Å². The van der Waals surface area contributed by atoms with Crippen molar-refractivity contribution in [2.75, 3.05) is 13.1 Å². The van der Waals surface area contributed by atoms with Gasteiger partial charge in [-0.1, -0.05) is 67.1 Å². The molecule has 34 heavy (non-hydrogen) atoms. The molecule has 178 valence electrons. The Labute approximate surface area is 201 Å². The van der Waals surface area contributed by atoms with Gasteiger partial charge in [0.25, 0.3) is 5.91 Å². The number of sulfonamides is 1. The molecule has 0 unspecified atom stereocenters. The van der Waals surface area contributed by atoms with Gasteiger partial charge in [0.1, 0.15) is 0 Å². The molecular weight excluding hydrogens is 448 g/mol. The van der Waals surface area contributed by atoms with Gasteiger partial charge in [0.05, 0.1) is 18.1 Å². The predicted molar refractivity (Wildman–Crippen MR) is 132 cm³/mol. The van der Waals surface area contributed by atoms with Gasteiger partial charge < -0.3 is 10.1 Å². The molecule has 1 aliphatic heterocycles. The number of carbonyl (C=O) groups excluding carboxylic acids is 1. The monoisotopic (exact) mass is 478 g/mol. The number of hydrogen-bond acceptors (Lipinski definition) is 4. The van der Waals surface area contributed by atoms with Crippen LogP contribution in [0, 0.1) is 0 Å². The van der Waals surface area contributed by atoms with Crippen LogP contribution in [0.1, 0.15) is 46.3 Å². The van der Waals surface area contributed by atoms with Crippen LogP contribution in [0.5, 0.6) is 0 Å². The Kier molecular flexibility index (Phi) is 8.11. The highest BCUT2D eigenvalue weighted by atomic mass is 32.2. The van der Waals surface area contributed by atoms with Gasteiger partial charge in [-0.3, -0.25) is 4.79 Å². The number of ether oxygens (including phenoxy) is 1. The molecule has 0 aliphatic carbocycles. The standard InChI is InChI=1S/C27H30N2O4S/c30-27(25-10-7-11-26(18-25)34(31,32)29-16-5-2-6-17-29)28-19-22-12-14-24(15-13-22)21-33-20-23-8-3-1-4-9-23/h1,3-4,7-15,18H,2,5-6,16-17,19-21H2,(H,28,30). The summed E-state index contributed by atoms with van der Waals surface area (Å²) in [7, 11) is -3.57. The van der Waals surface area contributed by atoms with Crippen LogP contribution in [-0.4, -0.2) is 31.7 Å². The maximum absolute atomic E-state index is 12.9. The first-order chi connectivity index (χ1) is 16.5. The van der Waals surface area contributed by atoms with Crippen LogP contribution in [0.3, 0.4) is 0 Å². The van der Waals surface area contributed by atoms with Gasteiger partial charge in [0, 0.05) is 25.2 Å². The van der Waals surface area contributed by atoms with E-state index in [2.05, 4.69) is 5.32 Å². The Morgan fingerprint density at radius 1 is 0.794 bits per heavy atom. The summed E-state index contributed by atoms with van der Waals surface area (Å²) in [6, 6.07) is 24.2. The molecule has 4 rings (SSSR count). The Hall–Kier alpha value is -3.00. The molecule has 3 aromatic carbocycles. The molecule has 0 atom stereocenters. The van der Waals surface area contributed by atoms with Crippen molar-refractivity contribution >= 4 is 15.9 Å². The lowest BCUT2D eigenvalue weighted by atomic mass is 10.1. The lowest BCUT2D eigenvalue weighted by Gasteiger charge is -2.26. The van der Waals surface area contributed by atoms with Crippen molar-refractivity contribution in [3.05, 3.63) is 101 Å². The second kappa shape index (κ2) is 11.4. The predicted octanol–water partition coefficient (Wildman–Crippen LogP) is 4.51. The number of nitrogens with one attached hydrogen (secondary N) is 1. The van der Waals surface area contributed by atoms with Crippen LogP contribution in [0.2, 0.25) is 0 Å². The van der Waals surface area contributed by atoms with Crippen molar-refractivity contribution in [1.29, 1.82) is 0 Å². The fourth-order valence-electron chi connectivity index (χ4n) is 3.95. The number of hydrogen-bond donors (Lipinski definition) is 1. The van der Waals surface area contributed by atoms with Crippen molar-refractivity contribution in [2.24, 2.45) is 0 Å². The molecule has 1 saturated heterocycles. The molecule has 1 fully saturated rings. The summed E-state index contributed by atoms with van der Waals surface area (Å²) in [6.07, 6.45) is 2.80. The summed E-state index contributed by atoms with van der Waals surface area (Å²) >= 11 is 0. The third kappa shape index (κ3) is 6.32. The lowest BCUT2D eigenvalue weighted by Crippen LogP contribution is -2.35. The van der Waals surface area contributed by atoms with Crippen molar-refractivity contribution in [2.45, 2.75) is 43.9 Å². The average molecular weight is 479 g/mol. The maximum Gasteiger partial charge on any atom is 0.251 e. The van der Waals surface area contributed by atoms with Crippen LogP contribution in [0.4, 0.5) is 0 Å².